The van der Waals surface area contributed by atoms with Crippen molar-refractivity contribution in [3.05, 3.63) is 183 Å². The van der Waals surface area contributed by atoms with Crippen molar-refractivity contribution >= 4 is 101 Å². The molecule has 7 amide bonds. The number of anilines is 2. The van der Waals surface area contributed by atoms with Crippen LogP contribution >= 0.6 is 0 Å². The summed E-state index contributed by atoms with van der Waals surface area (Å²) in [5.41, 5.74) is 1.39. The normalized spacial score (nSPS) is 22.3. The third-order valence-electron chi connectivity index (χ3n) is 21.0. The van der Waals surface area contributed by atoms with E-state index in [9.17, 15) is 55.2 Å². The molecule has 8 aromatic rings. The highest BCUT2D eigenvalue weighted by Crippen LogP contribution is 2.47. The second-order valence-corrected chi connectivity index (χ2v) is 32.2. The number of pyridine rings is 2. The average molecular weight is 1580 g/mol. The molecule has 2 aliphatic carbocycles. The van der Waals surface area contributed by atoms with Crippen LogP contribution in [0.15, 0.2) is 193 Å². The van der Waals surface area contributed by atoms with Crippen LogP contribution in [0.1, 0.15) is 116 Å². The van der Waals surface area contributed by atoms with E-state index in [0.717, 1.165) is 60.4 Å². The van der Waals surface area contributed by atoms with Crippen LogP contribution in [-0.4, -0.2) is 147 Å². The summed E-state index contributed by atoms with van der Waals surface area (Å²) < 4.78 is 82.9. The maximum absolute atomic E-state index is 14.3. The summed E-state index contributed by atoms with van der Waals surface area (Å²) in [5, 5.41) is 24.4. The van der Waals surface area contributed by atoms with Crippen molar-refractivity contribution in [1.29, 1.82) is 0 Å². The van der Waals surface area contributed by atoms with Gasteiger partial charge in [0.15, 0.2) is 0 Å². The number of unbranched alkanes of at least 4 members (excludes halogenated alkanes) is 4. The minimum atomic E-state index is -4.50. The van der Waals surface area contributed by atoms with Gasteiger partial charge in [0, 0.05) is 103 Å². The van der Waals surface area contributed by atoms with E-state index in [-0.39, 0.29) is 90.9 Å². The number of carbonyl (C=O) groups is 8. The van der Waals surface area contributed by atoms with Crippen LogP contribution in [0.2, 0.25) is 0 Å². The number of methoxy groups -OCH3 is 2. The number of rotatable bonds is 24. The number of amides is 7. The Balaban J connectivity index is 0.000000209. The number of ether oxygens (including phenoxy) is 4. The smallest absolute Gasteiger partial charge is 0.303 e. The summed E-state index contributed by atoms with van der Waals surface area (Å²) in [6.07, 6.45) is 10.1. The minimum Gasteiger partial charge on any atom is -0.497 e. The molecule has 29 heteroatoms. The Morgan fingerprint density at radius 2 is 1.24 bits per heavy atom. The van der Waals surface area contributed by atoms with Crippen molar-refractivity contribution in [2.24, 2.45) is 11.8 Å². The second-order valence-electron chi connectivity index (χ2n) is 28.9. The molecule has 5 aliphatic rings. The molecule has 113 heavy (non-hydrogen) atoms. The van der Waals surface area contributed by atoms with Gasteiger partial charge in [-0.05, 0) is 87.1 Å². The Morgan fingerprint density at radius 1 is 0.664 bits per heavy atom. The number of fused-ring (bicyclic) bond motifs is 4. The highest BCUT2D eigenvalue weighted by atomic mass is 32.2. The highest BCUT2D eigenvalue weighted by molar-refractivity contribution is 7.90. The van der Waals surface area contributed by atoms with Gasteiger partial charge in [0.2, 0.25) is 29.5 Å². The van der Waals surface area contributed by atoms with Gasteiger partial charge in [-0.3, -0.25) is 38.4 Å². The topological polar surface area (TPSA) is 375 Å². The Bertz CT molecular complexity index is 5170. The maximum Gasteiger partial charge on any atom is 0.303 e. The van der Waals surface area contributed by atoms with Gasteiger partial charge < -0.3 is 55.5 Å². The van der Waals surface area contributed by atoms with Gasteiger partial charge in [-0.15, -0.1) is 13.2 Å². The van der Waals surface area contributed by atoms with E-state index in [1.54, 1.807) is 26.4 Å². The SMILES string of the molecule is C=C[C@@H]1C[C@@]12NC(=O)[C@@H]1C[C@@H](Oc3cc(-c4ccccc4)nc4cc(OC)ccc34)CN1C(=O)CCCCCCCC(=O)Nc1ccccc1S(=O)(=O)NC2=O.C=C[C@@H]1C[C@]1(NC(=O)[C@@H]1C[C@@H](Oc2cc(-c3ccccc3)nc3cc(OC)ccc23)CN1)C(=O)NS(=O)(=O)c1ccccc1NC(=O)CCCCCCCC(=O)O. The van der Waals surface area contributed by atoms with Crippen LogP contribution < -0.4 is 55.0 Å². The van der Waals surface area contributed by atoms with Crippen molar-refractivity contribution in [3.8, 4) is 45.5 Å². The zero-order valence-electron chi connectivity index (χ0n) is 62.8. The molecular weight excluding hydrogens is 1490 g/mol. The van der Waals surface area contributed by atoms with Gasteiger partial charge in [0.1, 0.15) is 62.1 Å². The summed E-state index contributed by atoms with van der Waals surface area (Å²) >= 11 is 0. The fraction of sp³-hybridized carbons (Fsp3) is 0.357. The number of carbonyl (C=O) groups excluding carboxylic acids is 7. The lowest BCUT2D eigenvalue weighted by Gasteiger charge is -2.26. The monoisotopic (exact) mass is 1580 g/mol. The van der Waals surface area contributed by atoms with Gasteiger partial charge in [0.25, 0.3) is 31.9 Å². The second kappa shape index (κ2) is 35.9. The number of aromatic nitrogens is 2. The van der Waals surface area contributed by atoms with Crippen LogP contribution in [0.25, 0.3) is 44.3 Å². The van der Waals surface area contributed by atoms with E-state index in [2.05, 4.69) is 49.2 Å². The average Bonchev–Trinajstić information content (AvgIpc) is 1.58. The molecule has 2 saturated heterocycles. The molecule has 0 radical (unpaired) electrons. The number of sulfonamides is 2. The van der Waals surface area contributed by atoms with Crippen LogP contribution in [-0.2, 0) is 58.4 Å². The lowest BCUT2D eigenvalue weighted by atomic mass is 10.1. The third kappa shape index (κ3) is 19.5. The lowest BCUT2D eigenvalue weighted by Crippen LogP contribution is -2.56. The van der Waals surface area contributed by atoms with Gasteiger partial charge in [-0.25, -0.2) is 36.2 Å². The number of hydrogen-bond acceptors (Lipinski definition) is 19. The number of nitrogens with one attached hydrogen (secondary N) is 7. The van der Waals surface area contributed by atoms with Crippen molar-refractivity contribution in [3.63, 3.8) is 0 Å². The molecule has 8 atom stereocenters. The first-order valence-electron chi connectivity index (χ1n) is 37.9. The summed E-state index contributed by atoms with van der Waals surface area (Å²) in [5.74, 6) is -3.45. The highest BCUT2D eigenvalue weighted by Gasteiger charge is 2.63. The van der Waals surface area contributed by atoms with Gasteiger partial charge in [-0.1, -0.05) is 136 Å². The molecule has 5 heterocycles. The number of hydrogen-bond donors (Lipinski definition) is 8. The van der Waals surface area contributed by atoms with Gasteiger partial charge in [-0.2, -0.15) is 0 Å². The first-order valence-corrected chi connectivity index (χ1v) is 40.9. The molecule has 13 rings (SSSR count). The molecule has 27 nitrogen and oxygen atoms in total. The van der Waals surface area contributed by atoms with Crippen molar-refractivity contribution in [2.45, 2.75) is 161 Å². The number of aliphatic carboxylic acids is 1. The summed E-state index contributed by atoms with van der Waals surface area (Å²) in [4.78, 5) is 116. The van der Waals surface area contributed by atoms with Crippen LogP contribution in [0.4, 0.5) is 11.4 Å². The molecular formula is C84H92N10O17S2. The van der Waals surface area contributed by atoms with Gasteiger partial charge >= 0.3 is 5.97 Å². The van der Waals surface area contributed by atoms with E-state index in [1.807, 2.05) is 109 Å². The van der Waals surface area contributed by atoms with Crippen molar-refractivity contribution in [2.75, 3.05) is 37.9 Å². The molecule has 592 valence electrons. The Morgan fingerprint density at radius 3 is 1.85 bits per heavy atom. The molecule has 3 aliphatic heterocycles. The van der Waals surface area contributed by atoms with Crippen LogP contribution in [0.3, 0.4) is 0 Å². The fourth-order valence-electron chi connectivity index (χ4n) is 14.7. The van der Waals surface area contributed by atoms with E-state index in [0.29, 0.717) is 77.6 Å². The zero-order valence-corrected chi connectivity index (χ0v) is 64.5. The zero-order chi connectivity index (χ0) is 80.0. The first-order chi connectivity index (χ1) is 54.4. The predicted molar refractivity (Wildman–Crippen MR) is 424 cm³/mol. The van der Waals surface area contributed by atoms with Crippen molar-refractivity contribution in [1.82, 2.24) is 40.3 Å². The Hall–Kier alpha value is -11.6. The molecule has 8 N–H and O–H groups in total. The molecule has 6 aromatic carbocycles. The number of carboxylic acids is 1. The Labute approximate surface area is 655 Å². The number of nitrogens with zero attached hydrogens (tertiary/aromatic N) is 3. The summed E-state index contributed by atoms with van der Waals surface area (Å²) in [6.45, 7) is 8.04. The van der Waals surface area contributed by atoms with E-state index in [1.165, 1.54) is 53.5 Å². The minimum absolute atomic E-state index is 0.0108. The van der Waals surface area contributed by atoms with Crippen LogP contribution in [0, 0.1) is 11.8 Å². The molecule has 0 unspecified atom stereocenters. The van der Waals surface area contributed by atoms with Gasteiger partial charge in [0.05, 0.1) is 60.6 Å². The molecule has 2 aromatic heterocycles. The largest absolute Gasteiger partial charge is 0.497 e. The van der Waals surface area contributed by atoms with E-state index >= 15 is 0 Å². The first kappa shape index (κ1) is 80.9. The summed E-state index contributed by atoms with van der Waals surface area (Å²) in [6, 6.07) is 44.0. The standard InChI is InChI=1S/C42H47N5O9S.C42H45N5O8S/c1-3-28-25-42(28,41(52)47-57(53,54)37-17-13-12-16-32(37)45-38(48)18-10-5-4-6-11-19-39(49)50)46-40(51)35-23-30(26-43-35)56-36-24-33(27-14-8-7-9-15-27)44-34-22-29(55-2)20-21-31(34)36;1-3-28-25-42(28)41(51)46-56(52,53)37-17-13-12-16-32(37)44-38(48)18-10-5-4-6-11-19-39(49)47-26-30(23-35(47)40(50)45-42)55-36-24-33(27-14-8-7-9-15-27)43-34-22-29(54-2)20-21-31(34)36/h3,7-9,12-17,20-22,24,28,30,35,43H,1,4-6,10-11,18-19,23,25-26H2,2H3,(H,45,48)(H,46,51)(H,47,52)(H,49,50);3,7-9,12-17,20-22,24,28,30,35H,1,4-6,10-11,18-19,23,25-26H2,2H3,(H,44,48)(H,45,50)(H,46,51)/t2*28-,30-,35+,42-/m11/s1. The van der Waals surface area contributed by atoms with E-state index < -0.39 is 103 Å². The predicted octanol–water partition coefficient (Wildman–Crippen LogP) is 10.8. The molecule has 0 bridgehead atoms. The maximum atomic E-state index is 14.3. The summed E-state index contributed by atoms with van der Waals surface area (Å²) in [7, 11) is -5.82. The van der Waals surface area contributed by atoms with Crippen LogP contribution in [0.5, 0.6) is 23.0 Å². The number of benzene rings is 6. The molecule has 1 spiro atoms. The fourth-order valence-corrected chi connectivity index (χ4v) is 17.1. The van der Waals surface area contributed by atoms with E-state index in [4.69, 9.17) is 34.0 Å². The molecule has 2 saturated carbocycles. The number of carboxylic acid groups (broad SMARTS) is 1. The Kier molecular flexibility index (Phi) is 25.7. The quantitative estimate of drug-likeness (QED) is 0.0206. The molecule has 4 fully saturated rings. The van der Waals surface area contributed by atoms with Crippen molar-refractivity contribution < 1.29 is 79.2 Å². The number of para-hydroxylation sites is 2. The lowest BCUT2D eigenvalue weighted by molar-refractivity contribution is -0.139. The third-order valence-corrected chi connectivity index (χ3v) is 23.8.